The van der Waals surface area contributed by atoms with Gasteiger partial charge in [0.2, 0.25) is 11.4 Å². The number of aryl methyl sites for hydroxylation is 1. The van der Waals surface area contributed by atoms with Crippen LogP contribution in [0.3, 0.4) is 0 Å². The Labute approximate surface area is 316 Å². The predicted octanol–water partition coefficient (Wildman–Crippen LogP) is 11.4. The molecule has 3 nitrogen and oxygen atoms in total. The fourth-order valence-corrected chi connectivity index (χ4v) is 7.85. The summed E-state index contributed by atoms with van der Waals surface area (Å²) in [6.45, 7) is 12.5. The molecule has 4 aromatic carbocycles. The fourth-order valence-electron chi connectivity index (χ4n) is 7.85. The van der Waals surface area contributed by atoms with Gasteiger partial charge in [-0.1, -0.05) is 72.8 Å². The summed E-state index contributed by atoms with van der Waals surface area (Å²) in [6, 6.07) is 30.8. The number of hydrogen-bond acceptors (Lipinski definition) is 0. The van der Waals surface area contributed by atoms with Crippen molar-refractivity contribution in [3.63, 3.8) is 0 Å². The van der Waals surface area contributed by atoms with Crippen molar-refractivity contribution in [2.24, 2.45) is 0 Å². The Morgan fingerprint density at radius 1 is 0.636 bits per heavy atom. The van der Waals surface area contributed by atoms with Gasteiger partial charge in [0.25, 0.3) is 0 Å². The summed E-state index contributed by atoms with van der Waals surface area (Å²) in [5.41, 5.74) is 10.2. The van der Waals surface area contributed by atoms with Gasteiger partial charge in [-0.2, -0.15) is 9.15 Å². The smallest absolute Gasteiger partial charge is 0.418 e. The summed E-state index contributed by atoms with van der Waals surface area (Å²) in [4.78, 5) is 0. The molecule has 288 valence electrons. The van der Waals surface area contributed by atoms with Crippen molar-refractivity contribution in [1.82, 2.24) is 4.57 Å². The minimum atomic E-state index is -6.00. The van der Waals surface area contributed by atoms with Crippen molar-refractivity contribution < 1.29 is 43.7 Å². The van der Waals surface area contributed by atoms with Crippen LogP contribution in [0.5, 0.6) is 0 Å². The molecule has 2 aliphatic rings. The molecule has 0 bridgehead atoms. The number of halogens is 8. The van der Waals surface area contributed by atoms with E-state index in [2.05, 4.69) is 184 Å². The number of aromatic nitrogens is 1. The fraction of sp³-hybridized carbons (Fsp3) is 0.238. The maximum Gasteiger partial charge on any atom is 0.673 e. The van der Waals surface area contributed by atoms with Gasteiger partial charge in [0.15, 0.2) is 11.4 Å². The Hall–Kier alpha value is -5.19. The molecule has 0 saturated carbocycles. The van der Waals surface area contributed by atoms with Crippen LogP contribution in [0.4, 0.5) is 45.9 Å². The summed E-state index contributed by atoms with van der Waals surface area (Å²) in [5, 5.41) is 5.19. The second-order valence-corrected chi connectivity index (χ2v) is 14.5. The number of fused-ring (bicyclic) bond motifs is 2. The van der Waals surface area contributed by atoms with Crippen molar-refractivity contribution in [3.8, 4) is 0 Å². The van der Waals surface area contributed by atoms with Crippen LogP contribution in [0.1, 0.15) is 45.7 Å². The normalized spacial score (nSPS) is 16.5. The first-order valence-corrected chi connectivity index (χ1v) is 17.9. The van der Waals surface area contributed by atoms with Gasteiger partial charge in [-0.05, 0) is 69.9 Å². The highest BCUT2D eigenvalue weighted by molar-refractivity contribution is 6.50. The van der Waals surface area contributed by atoms with Crippen LogP contribution >= 0.6 is 0 Å². The molecule has 3 heterocycles. The van der Waals surface area contributed by atoms with Crippen molar-refractivity contribution in [1.29, 1.82) is 0 Å². The number of para-hydroxylation sites is 2. The molecule has 55 heavy (non-hydrogen) atoms. The topological polar surface area (TPSA) is 10.9 Å². The highest BCUT2D eigenvalue weighted by Crippen LogP contribution is 2.40. The average Bonchev–Trinajstić information content (AvgIpc) is 3.59. The Bertz CT molecular complexity index is 2320. The minimum absolute atomic E-state index is 0.0824. The van der Waals surface area contributed by atoms with Gasteiger partial charge in [-0.3, -0.25) is 0 Å². The lowest BCUT2D eigenvalue weighted by Crippen LogP contribution is -2.27. The van der Waals surface area contributed by atoms with Crippen LogP contribution in [0.15, 0.2) is 121 Å². The van der Waals surface area contributed by atoms with E-state index in [9.17, 15) is 34.5 Å². The third-order valence-corrected chi connectivity index (χ3v) is 10.2. The number of rotatable bonds is 6. The SMILES string of the molecule is CCn1/c(=C/C=C(/C=C/C2=[N+](C)c3ccccc3C2(C)C)/C=C/C2=[N+](C)c3ccccc3C2(C)C)c2cccc3cccc1c32.F[B-](F)(F)F.F[B-](F)(F)F. The molecule has 0 fully saturated rings. The Kier molecular flexibility index (Phi) is 11.6. The van der Waals surface area contributed by atoms with Gasteiger partial charge in [0.05, 0.1) is 10.8 Å². The molecule has 0 amide bonds. The maximum absolute atomic E-state index is 9.75. The Morgan fingerprint density at radius 3 is 1.51 bits per heavy atom. The lowest BCUT2D eigenvalue weighted by Gasteiger charge is -2.15. The molecule has 0 aliphatic carbocycles. The highest BCUT2D eigenvalue weighted by Gasteiger charge is 2.43. The third-order valence-electron chi connectivity index (χ3n) is 10.2. The van der Waals surface area contributed by atoms with Crippen molar-refractivity contribution in [2.75, 3.05) is 14.1 Å². The predicted molar refractivity (Wildman–Crippen MR) is 212 cm³/mol. The van der Waals surface area contributed by atoms with E-state index in [4.69, 9.17) is 0 Å². The molecular formula is C42H43B2F8N3. The first-order chi connectivity index (χ1) is 25.6. The molecule has 0 saturated heterocycles. The highest BCUT2D eigenvalue weighted by atomic mass is 19.5. The maximum atomic E-state index is 9.75. The molecule has 0 atom stereocenters. The zero-order valence-electron chi connectivity index (χ0n) is 31.8. The number of hydrogen-bond donors (Lipinski definition) is 0. The van der Waals surface area contributed by atoms with Crippen LogP contribution in [0.25, 0.3) is 27.8 Å². The first kappa shape index (κ1) is 41.0. The van der Waals surface area contributed by atoms with Gasteiger partial charge < -0.3 is 39.1 Å². The molecule has 13 heteroatoms. The van der Waals surface area contributed by atoms with E-state index in [1.165, 1.54) is 60.9 Å². The van der Waals surface area contributed by atoms with E-state index < -0.39 is 14.5 Å². The molecule has 1 aromatic heterocycles. The van der Waals surface area contributed by atoms with Crippen LogP contribution in [-0.4, -0.2) is 53.7 Å². The zero-order valence-corrected chi connectivity index (χ0v) is 31.8. The lowest BCUT2D eigenvalue weighted by molar-refractivity contribution is -0.401. The molecule has 5 aromatic rings. The van der Waals surface area contributed by atoms with Crippen molar-refractivity contribution in [3.05, 3.63) is 137 Å². The lowest BCUT2D eigenvalue weighted by atomic mass is 9.81. The summed E-state index contributed by atoms with van der Waals surface area (Å²) >= 11 is 0. The van der Waals surface area contributed by atoms with Crippen molar-refractivity contribution >= 4 is 65.1 Å². The third kappa shape index (κ3) is 8.87. The van der Waals surface area contributed by atoms with Gasteiger partial charge >= 0.3 is 14.5 Å². The molecule has 2 aliphatic heterocycles. The standard InChI is InChI=1S/C42H43N3.2BF4/c1-8-45-34(31-17-13-15-30-16-14-22-37(45)40(30)31)26-23-29(24-27-38-41(2,3)32-18-9-11-20-35(32)43(38)6)25-28-39-42(4,5)33-19-10-12-21-36(33)44(39)7;2*2-1(3,4)5/h9-28H,8H2,1-7H3;;/q+2;2*-1. The zero-order chi connectivity index (χ0) is 40.5. The van der Waals surface area contributed by atoms with Crippen LogP contribution < -0.4 is 5.35 Å². The quantitative estimate of drug-likeness (QED) is 0.0706. The Balaban J connectivity index is 0.000000517. The van der Waals surface area contributed by atoms with Crippen LogP contribution in [0, 0.1) is 0 Å². The average molecular weight is 763 g/mol. The van der Waals surface area contributed by atoms with E-state index in [1.54, 1.807) is 0 Å². The van der Waals surface area contributed by atoms with Crippen LogP contribution in [0.2, 0.25) is 0 Å². The molecule has 0 spiro atoms. The molecule has 7 rings (SSSR count). The molecular weight excluding hydrogens is 720 g/mol. The second kappa shape index (κ2) is 15.5. The molecule has 0 radical (unpaired) electrons. The van der Waals surface area contributed by atoms with E-state index in [-0.39, 0.29) is 10.8 Å². The number of benzene rings is 4. The van der Waals surface area contributed by atoms with Crippen molar-refractivity contribution in [2.45, 2.75) is 52.0 Å². The molecule has 0 N–H and O–H groups in total. The van der Waals surface area contributed by atoms with Gasteiger partial charge in [0, 0.05) is 63.6 Å². The van der Waals surface area contributed by atoms with E-state index in [0.717, 1.165) is 12.1 Å². The monoisotopic (exact) mass is 763 g/mol. The van der Waals surface area contributed by atoms with Crippen LogP contribution in [-0.2, 0) is 17.4 Å². The number of nitrogens with zero attached hydrogens (tertiary/aromatic N) is 3. The van der Waals surface area contributed by atoms with Gasteiger partial charge in [0.1, 0.15) is 14.1 Å². The summed E-state index contributed by atoms with van der Waals surface area (Å²) < 4.78 is 85.1. The minimum Gasteiger partial charge on any atom is -0.418 e. The van der Waals surface area contributed by atoms with E-state index >= 15 is 0 Å². The first-order valence-electron chi connectivity index (χ1n) is 17.9. The number of allylic oxidation sites excluding steroid dienone is 6. The molecule has 0 unspecified atom stereocenters. The summed E-state index contributed by atoms with van der Waals surface area (Å²) in [7, 11) is -7.62. The van der Waals surface area contributed by atoms with Gasteiger partial charge in [-0.15, -0.1) is 0 Å². The Morgan fingerprint density at radius 2 is 1.07 bits per heavy atom. The van der Waals surface area contributed by atoms with E-state index in [0.29, 0.717) is 0 Å². The second-order valence-electron chi connectivity index (χ2n) is 14.5. The van der Waals surface area contributed by atoms with Gasteiger partial charge in [-0.25, -0.2) is 0 Å². The van der Waals surface area contributed by atoms with E-state index in [1.807, 2.05) is 0 Å². The summed E-state index contributed by atoms with van der Waals surface area (Å²) in [6.07, 6.45) is 13.8. The summed E-state index contributed by atoms with van der Waals surface area (Å²) in [5.74, 6) is 0. The largest absolute Gasteiger partial charge is 0.673 e.